The molecule has 2 unspecified atom stereocenters. The highest BCUT2D eigenvalue weighted by molar-refractivity contribution is 7.89. The van der Waals surface area contributed by atoms with Gasteiger partial charge in [0.2, 0.25) is 0 Å². The summed E-state index contributed by atoms with van der Waals surface area (Å²) in [7, 11) is -4.50. The minimum absolute atomic E-state index is 0.159. The predicted octanol–water partition coefficient (Wildman–Crippen LogP) is 5.27. The molecule has 0 heterocycles. The van der Waals surface area contributed by atoms with Crippen LogP contribution in [0.5, 0.6) is 0 Å². The van der Waals surface area contributed by atoms with Gasteiger partial charge in [-0.05, 0) is 24.7 Å². The number of halogens is 2. The van der Waals surface area contributed by atoms with Crippen LogP contribution in [0.25, 0.3) is 0 Å². The molecule has 6 heteroatoms. The fourth-order valence-corrected chi connectivity index (χ4v) is 3.87. The Morgan fingerprint density at radius 2 is 1.22 bits per heavy atom. The molecule has 0 saturated carbocycles. The molecule has 0 aliphatic rings. The van der Waals surface area contributed by atoms with Gasteiger partial charge in [-0.2, -0.15) is 13.1 Å². The lowest BCUT2D eigenvalue weighted by Gasteiger charge is -2.29. The topological polar surface area (TPSA) is 37.4 Å². The van der Waals surface area contributed by atoms with Crippen LogP contribution in [0.15, 0.2) is 0 Å². The first-order valence-corrected chi connectivity index (χ1v) is 10.6. The number of sulfonamides is 1. The number of unbranched alkanes of at least 4 members (excludes halogenated alkanes) is 2. The van der Waals surface area contributed by atoms with Crippen LogP contribution in [0, 0.1) is 11.8 Å². The number of hydrogen-bond acceptors (Lipinski definition) is 2. The molecule has 23 heavy (non-hydrogen) atoms. The molecule has 0 amide bonds. The molecule has 2 atom stereocenters. The first kappa shape index (κ1) is 22.8. The van der Waals surface area contributed by atoms with Gasteiger partial charge in [0.25, 0.3) is 10.0 Å². The van der Waals surface area contributed by atoms with Crippen LogP contribution in [0.3, 0.4) is 0 Å². The van der Waals surface area contributed by atoms with Crippen molar-refractivity contribution in [3.63, 3.8) is 0 Å². The van der Waals surface area contributed by atoms with Crippen LogP contribution < -0.4 is 0 Å². The molecule has 0 aliphatic heterocycles. The van der Waals surface area contributed by atoms with Gasteiger partial charge in [-0.1, -0.05) is 66.2 Å². The van der Waals surface area contributed by atoms with Crippen molar-refractivity contribution in [3.8, 4) is 0 Å². The second kappa shape index (κ2) is 12.2. The summed E-state index contributed by atoms with van der Waals surface area (Å²) in [5.41, 5.74) is 0. The van der Waals surface area contributed by atoms with Gasteiger partial charge < -0.3 is 0 Å². The van der Waals surface area contributed by atoms with Gasteiger partial charge in [0.1, 0.15) is 0 Å². The lowest BCUT2D eigenvalue weighted by atomic mass is 9.97. The molecule has 0 aromatic heterocycles. The van der Waals surface area contributed by atoms with Crippen LogP contribution in [-0.2, 0) is 10.0 Å². The summed E-state index contributed by atoms with van der Waals surface area (Å²) in [4.78, 5) is 0. The van der Waals surface area contributed by atoms with Crippen molar-refractivity contribution in [1.29, 1.82) is 0 Å². The highest BCUT2D eigenvalue weighted by Gasteiger charge is 2.34. The van der Waals surface area contributed by atoms with E-state index in [1.165, 1.54) is 0 Å². The van der Waals surface area contributed by atoms with Crippen LogP contribution in [-0.4, -0.2) is 31.6 Å². The Morgan fingerprint density at radius 1 is 0.826 bits per heavy atom. The maximum atomic E-state index is 13.0. The smallest absolute Gasteiger partial charge is 0.206 e. The van der Waals surface area contributed by atoms with E-state index in [4.69, 9.17) is 0 Å². The maximum Gasteiger partial charge on any atom is 0.350 e. The Kier molecular flexibility index (Phi) is 12.1. The quantitative estimate of drug-likeness (QED) is 0.425. The van der Waals surface area contributed by atoms with Crippen molar-refractivity contribution in [1.82, 2.24) is 4.31 Å². The van der Waals surface area contributed by atoms with Crippen LogP contribution in [0.2, 0.25) is 0 Å². The summed E-state index contributed by atoms with van der Waals surface area (Å²) >= 11 is 0. The molecule has 0 aromatic rings. The van der Waals surface area contributed by atoms with Crippen LogP contribution >= 0.6 is 0 Å². The second-order valence-electron chi connectivity index (χ2n) is 6.46. The summed E-state index contributed by atoms with van der Waals surface area (Å²) in [6, 6.07) is 0. The second-order valence-corrected chi connectivity index (χ2v) is 8.36. The van der Waals surface area contributed by atoms with Gasteiger partial charge in [-0.3, -0.25) is 0 Å². The predicted molar refractivity (Wildman–Crippen MR) is 93.1 cm³/mol. The Bertz CT molecular complexity index is 370. The molecule has 0 saturated heterocycles. The minimum atomic E-state index is -4.50. The molecule has 0 N–H and O–H groups in total. The fraction of sp³-hybridized carbons (Fsp3) is 1.00. The summed E-state index contributed by atoms with van der Waals surface area (Å²) in [6.07, 6.45) is 7.52. The van der Waals surface area contributed by atoms with Gasteiger partial charge in [0.15, 0.2) is 0 Å². The summed E-state index contributed by atoms with van der Waals surface area (Å²) < 4.78 is 51.3. The van der Waals surface area contributed by atoms with Crippen molar-refractivity contribution >= 4 is 10.0 Å². The maximum absolute atomic E-state index is 13.0. The van der Waals surface area contributed by atoms with Gasteiger partial charge in [-0.25, -0.2) is 8.42 Å². The van der Waals surface area contributed by atoms with E-state index in [2.05, 4.69) is 13.8 Å². The highest BCUT2D eigenvalue weighted by Crippen LogP contribution is 2.23. The number of alkyl halides is 2. The molecule has 0 spiro atoms. The van der Waals surface area contributed by atoms with E-state index in [1.54, 1.807) is 0 Å². The number of nitrogens with zero attached hydrogens (tertiary/aromatic N) is 1. The zero-order chi connectivity index (χ0) is 17.9. The molecule has 0 radical (unpaired) electrons. The molecule has 0 rings (SSSR count). The van der Waals surface area contributed by atoms with Crippen molar-refractivity contribution in [2.24, 2.45) is 11.8 Å². The Balaban J connectivity index is 5.07. The average molecular weight is 356 g/mol. The molecule has 0 aliphatic carbocycles. The summed E-state index contributed by atoms with van der Waals surface area (Å²) in [6.45, 7) is 8.62. The van der Waals surface area contributed by atoms with Gasteiger partial charge in [0, 0.05) is 13.1 Å². The third kappa shape index (κ3) is 8.43. The largest absolute Gasteiger partial charge is 0.350 e. The molecule has 140 valence electrons. The zero-order valence-electron chi connectivity index (χ0n) is 15.2. The Hall–Kier alpha value is -0.230. The van der Waals surface area contributed by atoms with E-state index < -0.39 is 15.8 Å². The van der Waals surface area contributed by atoms with Crippen molar-refractivity contribution in [2.45, 2.75) is 84.8 Å². The third-order valence-corrected chi connectivity index (χ3v) is 6.06. The first-order valence-electron chi connectivity index (χ1n) is 9.10. The van der Waals surface area contributed by atoms with Crippen molar-refractivity contribution in [2.75, 3.05) is 13.1 Å². The lowest BCUT2D eigenvalue weighted by Crippen LogP contribution is -2.41. The summed E-state index contributed by atoms with van der Waals surface area (Å²) in [5.74, 6) is -3.01. The average Bonchev–Trinajstić information content (AvgIpc) is 2.53. The normalized spacial score (nSPS) is 15.3. The Labute approximate surface area is 141 Å². The van der Waals surface area contributed by atoms with Crippen LogP contribution in [0.1, 0.15) is 79.1 Å². The fourth-order valence-electron chi connectivity index (χ4n) is 2.81. The standard InChI is InChI=1S/C17H35F2NO2S/c1-5-9-11-15(7-3)13-20(23(21,22)17(18)19)14-16(8-4)12-10-6-2/h15-17H,5-14H2,1-4H3. The van der Waals surface area contributed by atoms with E-state index in [1.807, 2.05) is 13.8 Å². The lowest BCUT2D eigenvalue weighted by molar-refractivity contribution is 0.203. The molecule has 0 bridgehead atoms. The molecule has 3 nitrogen and oxygen atoms in total. The molecule has 0 fully saturated rings. The van der Waals surface area contributed by atoms with E-state index in [0.29, 0.717) is 0 Å². The first-order chi connectivity index (χ1) is 10.8. The molecular formula is C17H35F2NO2S. The number of hydrogen-bond donors (Lipinski definition) is 0. The van der Waals surface area contributed by atoms with Crippen LogP contribution in [0.4, 0.5) is 8.78 Å². The van der Waals surface area contributed by atoms with Crippen molar-refractivity contribution in [3.05, 3.63) is 0 Å². The van der Waals surface area contributed by atoms with E-state index in [0.717, 1.165) is 55.7 Å². The van der Waals surface area contributed by atoms with Gasteiger partial charge in [-0.15, -0.1) is 0 Å². The van der Waals surface area contributed by atoms with Gasteiger partial charge in [0.05, 0.1) is 0 Å². The zero-order valence-corrected chi connectivity index (χ0v) is 16.0. The van der Waals surface area contributed by atoms with E-state index in [-0.39, 0.29) is 24.9 Å². The van der Waals surface area contributed by atoms with Crippen molar-refractivity contribution < 1.29 is 17.2 Å². The Morgan fingerprint density at radius 3 is 1.48 bits per heavy atom. The van der Waals surface area contributed by atoms with Gasteiger partial charge >= 0.3 is 5.76 Å². The minimum Gasteiger partial charge on any atom is -0.206 e. The SMILES string of the molecule is CCCCC(CC)CN(CC(CC)CCCC)S(=O)(=O)C(F)F. The van der Waals surface area contributed by atoms with E-state index >= 15 is 0 Å². The molecule has 0 aromatic carbocycles. The highest BCUT2D eigenvalue weighted by atomic mass is 32.2. The number of rotatable bonds is 14. The summed E-state index contributed by atoms with van der Waals surface area (Å²) in [5, 5.41) is 0. The van der Waals surface area contributed by atoms with E-state index in [9.17, 15) is 17.2 Å². The monoisotopic (exact) mass is 355 g/mol. The third-order valence-electron chi connectivity index (χ3n) is 4.60. The molecular weight excluding hydrogens is 320 g/mol.